The number of hydrogen-bond acceptors (Lipinski definition) is 4. The molecule has 0 saturated heterocycles. The number of nitrogens with two attached hydrogens (primary N) is 1. The molecule has 6 nitrogen and oxygen atoms in total. The van der Waals surface area contributed by atoms with Crippen LogP contribution in [0.4, 0.5) is 0 Å². The Morgan fingerprint density at radius 2 is 2.29 bits per heavy atom. The fourth-order valence-electron chi connectivity index (χ4n) is 0.862. The average Bonchev–Trinajstić information content (AvgIpc) is 2.17. The Morgan fingerprint density at radius 3 is 2.86 bits per heavy atom. The standard InChI is InChI=1S/C8H17N3O3/c1-14-5-3-2-4-10-8(12)6-7(9)11-13/h13H,2-6H2,1H3,(H2,9,11)(H,10,12). The molecule has 0 aliphatic rings. The van der Waals surface area contributed by atoms with E-state index < -0.39 is 0 Å². The predicted molar refractivity (Wildman–Crippen MR) is 52.1 cm³/mol. The number of amides is 1. The lowest BCUT2D eigenvalue weighted by Gasteiger charge is -2.03. The number of ether oxygens (including phenoxy) is 1. The van der Waals surface area contributed by atoms with E-state index in [-0.39, 0.29) is 18.2 Å². The highest BCUT2D eigenvalue weighted by atomic mass is 16.5. The van der Waals surface area contributed by atoms with Gasteiger partial charge >= 0.3 is 0 Å². The zero-order valence-electron chi connectivity index (χ0n) is 8.32. The van der Waals surface area contributed by atoms with Crippen molar-refractivity contribution < 1.29 is 14.7 Å². The second kappa shape index (κ2) is 8.31. The van der Waals surface area contributed by atoms with Crippen molar-refractivity contribution in [3.8, 4) is 0 Å². The van der Waals surface area contributed by atoms with Crippen LogP contribution in [0.15, 0.2) is 5.16 Å². The van der Waals surface area contributed by atoms with E-state index in [1.807, 2.05) is 0 Å². The molecule has 0 fully saturated rings. The maximum atomic E-state index is 11.0. The van der Waals surface area contributed by atoms with Gasteiger partial charge in [-0.05, 0) is 12.8 Å². The summed E-state index contributed by atoms with van der Waals surface area (Å²) in [6.07, 6.45) is 1.69. The maximum Gasteiger partial charge on any atom is 0.227 e. The van der Waals surface area contributed by atoms with Crippen molar-refractivity contribution in [2.75, 3.05) is 20.3 Å². The van der Waals surface area contributed by atoms with E-state index in [1.54, 1.807) is 7.11 Å². The van der Waals surface area contributed by atoms with Crippen molar-refractivity contribution in [1.29, 1.82) is 0 Å². The predicted octanol–water partition coefficient (Wildman–Crippen LogP) is -0.334. The second-order valence-electron chi connectivity index (χ2n) is 2.82. The molecule has 0 radical (unpaired) electrons. The summed E-state index contributed by atoms with van der Waals surface area (Å²) in [5.41, 5.74) is 5.14. The number of oxime groups is 1. The van der Waals surface area contributed by atoms with Crippen LogP contribution in [-0.2, 0) is 9.53 Å². The number of carbonyl (C=O) groups is 1. The second-order valence-corrected chi connectivity index (χ2v) is 2.82. The van der Waals surface area contributed by atoms with E-state index in [0.29, 0.717) is 13.2 Å². The van der Waals surface area contributed by atoms with E-state index in [4.69, 9.17) is 15.7 Å². The van der Waals surface area contributed by atoms with Crippen LogP contribution in [0.25, 0.3) is 0 Å². The van der Waals surface area contributed by atoms with Gasteiger partial charge < -0.3 is 21.0 Å². The van der Waals surface area contributed by atoms with E-state index >= 15 is 0 Å². The van der Waals surface area contributed by atoms with Crippen molar-refractivity contribution in [2.24, 2.45) is 10.9 Å². The van der Waals surface area contributed by atoms with Gasteiger partial charge in [-0.1, -0.05) is 5.16 Å². The van der Waals surface area contributed by atoms with E-state index in [1.165, 1.54) is 0 Å². The summed E-state index contributed by atoms with van der Waals surface area (Å²) in [7, 11) is 1.64. The minimum Gasteiger partial charge on any atom is -0.409 e. The first-order chi connectivity index (χ1) is 6.70. The van der Waals surface area contributed by atoms with Crippen molar-refractivity contribution in [2.45, 2.75) is 19.3 Å². The molecule has 0 aliphatic carbocycles. The highest BCUT2D eigenvalue weighted by molar-refractivity contribution is 5.98. The third-order valence-corrected chi connectivity index (χ3v) is 1.57. The molecule has 0 atom stereocenters. The Bertz CT molecular complexity index is 194. The van der Waals surface area contributed by atoms with Crippen LogP contribution in [0.3, 0.4) is 0 Å². The quantitative estimate of drug-likeness (QED) is 0.173. The number of nitrogens with one attached hydrogen (secondary N) is 1. The largest absolute Gasteiger partial charge is 0.409 e. The molecular weight excluding hydrogens is 186 g/mol. The average molecular weight is 203 g/mol. The molecule has 0 heterocycles. The lowest BCUT2D eigenvalue weighted by molar-refractivity contribution is -0.119. The van der Waals surface area contributed by atoms with Gasteiger partial charge in [0.2, 0.25) is 5.91 Å². The van der Waals surface area contributed by atoms with Gasteiger partial charge in [0.25, 0.3) is 0 Å². The first kappa shape index (κ1) is 12.7. The van der Waals surface area contributed by atoms with Crippen molar-refractivity contribution in [3.05, 3.63) is 0 Å². The lowest BCUT2D eigenvalue weighted by Crippen LogP contribution is -2.29. The Labute approximate surface area is 83.1 Å². The van der Waals surface area contributed by atoms with E-state index in [9.17, 15) is 4.79 Å². The smallest absolute Gasteiger partial charge is 0.227 e. The van der Waals surface area contributed by atoms with Crippen molar-refractivity contribution >= 4 is 11.7 Å². The van der Waals surface area contributed by atoms with Crippen LogP contribution in [0.2, 0.25) is 0 Å². The fourth-order valence-corrected chi connectivity index (χ4v) is 0.862. The highest BCUT2D eigenvalue weighted by Crippen LogP contribution is 1.87. The van der Waals surface area contributed by atoms with Crippen LogP contribution >= 0.6 is 0 Å². The summed E-state index contributed by atoms with van der Waals surface area (Å²) in [4.78, 5) is 11.0. The number of rotatable bonds is 7. The Morgan fingerprint density at radius 1 is 1.57 bits per heavy atom. The van der Waals surface area contributed by atoms with Gasteiger partial charge in [-0.3, -0.25) is 4.79 Å². The van der Waals surface area contributed by atoms with Gasteiger partial charge in [0.05, 0.1) is 6.42 Å². The number of amidine groups is 1. The summed E-state index contributed by atoms with van der Waals surface area (Å²) in [6.45, 7) is 1.27. The minimum absolute atomic E-state index is 0.0687. The Kier molecular flexibility index (Phi) is 7.53. The van der Waals surface area contributed by atoms with Gasteiger partial charge in [0.1, 0.15) is 5.84 Å². The number of unbranched alkanes of at least 4 members (excludes halogenated alkanes) is 1. The molecule has 0 aromatic heterocycles. The Hall–Kier alpha value is -1.30. The lowest BCUT2D eigenvalue weighted by atomic mass is 10.3. The highest BCUT2D eigenvalue weighted by Gasteiger charge is 2.03. The SMILES string of the molecule is COCCCCNC(=O)CC(N)=NO. The summed E-state index contributed by atoms with van der Waals surface area (Å²) < 4.78 is 4.85. The van der Waals surface area contributed by atoms with Gasteiger partial charge in [0.15, 0.2) is 0 Å². The molecule has 0 saturated carbocycles. The minimum atomic E-state index is -0.238. The molecule has 0 rings (SSSR count). The number of hydrogen-bond donors (Lipinski definition) is 3. The molecule has 6 heteroatoms. The Balaban J connectivity index is 3.36. The maximum absolute atomic E-state index is 11.0. The number of carbonyl (C=O) groups excluding carboxylic acids is 1. The molecule has 0 unspecified atom stereocenters. The van der Waals surface area contributed by atoms with E-state index in [2.05, 4.69) is 10.5 Å². The van der Waals surface area contributed by atoms with Crippen LogP contribution in [-0.4, -0.2) is 37.2 Å². The van der Waals surface area contributed by atoms with Crippen LogP contribution < -0.4 is 11.1 Å². The summed E-state index contributed by atoms with van der Waals surface area (Å²) >= 11 is 0. The van der Waals surface area contributed by atoms with Crippen molar-refractivity contribution in [1.82, 2.24) is 5.32 Å². The number of nitrogens with zero attached hydrogens (tertiary/aromatic N) is 1. The fraction of sp³-hybridized carbons (Fsp3) is 0.750. The van der Waals surface area contributed by atoms with Crippen LogP contribution in [0.5, 0.6) is 0 Å². The van der Waals surface area contributed by atoms with Crippen LogP contribution in [0.1, 0.15) is 19.3 Å². The monoisotopic (exact) mass is 203 g/mol. The molecule has 4 N–H and O–H groups in total. The molecule has 82 valence electrons. The summed E-state index contributed by atoms with van der Waals surface area (Å²) in [5, 5.41) is 13.5. The summed E-state index contributed by atoms with van der Waals surface area (Å²) in [6, 6.07) is 0. The molecule has 1 amide bonds. The van der Waals surface area contributed by atoms with E-state index in [0.717, 1.165) is 12.8 Å². The normalized spacial score (nSPS) is 11.4. The zero-order chi connectivity index (χ0) is 10.8. The topological polar surface area (TPSA) is 96.9 Å². The third-order valence-electron chi connectivity index (χ3n) is 1.57. The van der Waals surface area contributed by atoms with Crippen molar-refractivity contribution in [3.63, 3.8) is 0 Å². The van der Waals surface area contributed by atoms with Gasteiger partial charge in [0, 0.05) is 20.3 Å². The molecule has 0 spiro atoms. The molecular formula is C8H17N3O3. The van der Waals surface area contributed by atoms with Gasteiger partial charge in [-0.15, -0.1) is 0 Å². The molecule has 0 aromatic rings. The third kappa shape index (κ3) is 7.35. The molecule has 0 aromatic carbocycles. The molecule has 0 aliphatic heterocycles. The molecule has 14 heavy (non-hydrogen) atoms. The summed E-state index contributed by atoms with van der Waals surface area (Å²) in [5.74, 6) is -0.322. The van der Waals surface area contributed by atoms with Gasteiger partial charge in [-0.25, -0.2) is 0 Å². The first-order valence-electron chi connectivity index (χ1n) is 4.42. The molecule has 0 bridgehead atoms. The zero-order valence-corrected chi connectivity index (χ0v) is 8.32. The number of methoxy groups -OCH3 is 1. The van der Waals surface area contributed by atoms with Gasteiger partial charge in [-0.2, -0.15) is 0 Å². The van der Waals surface area contributed by atoms with Crippen LogP contribution in [0, 0.1) is 0 Å². The first-order valence-corrected chi connectivity index (χ1v) is 4.42.